The first-order chi connectivity index (χ1) is 14.9. The van der Waals surface area contributed by atoms with E-state index in [0.29, 0.717) is 4.90 Å². The zero-order valence-corrected chi connectivity index (χ0v) is 18.4. The number of anilines is 2. The fourth-order valence-corrected chi connectivity index (χ4v) is 4.28. The molecule has 32 heavy (non-hydrogen) atoms. The summed E-state index contributed by atoms with van der Waals surface area (Å²) in [6.07, 6.45) is -3.45. The maximum absolute atomic E-state index is 13.8. The summed E-state index contributed by atoms with van der Waals surface area (Å²) in [5.41, 5.74) is -1.83. The number of benzene rings is 1. The van der Waals surface area contributed by atoms with Crippen molar-refractivity contribution < 1.29 is 31.3 Å². The predicted octanol–water partition coefficient (Wildman–Crippen LogP) is 5.37. The highest BCUT2D eigenvalue weighted by molar-refractivity contribution is 7.90. The third-order valence-corrected chi connectivity index (χ3v) is 6.26. The molecular formula is C20H19ClF5N3O2S. The molecule has 1 aromatic heterocycles. The molecule has 3 rings (SSSR count). The van der Waals surface area contributed by atoms with E-state index < -0.39 is 51.9 Å². The molecule has 5 nitrogen and oxygen atoms in total. The topological polar surface area (TPSA) is 68.3 Å². The Labute approximate surface area is 189 Å². The summed E-state index contributed by atoms with van der Waals surface area (Å²) in [4.78, 5) is 18.2. The van der Waals surface area contributed by atoms with Crippen molar-refractivity contribution in [2.45, 2.75) is 36.3 Å². The lowest BCUT2D eigenvalue weighted by atomic mass is 10.1. The molecule has 0 bridgehead atoms. The summed E-state index contributed by atoms with van der Waals surface area (Å²) in [5, 5.41) is 1.54. The standard InChI is InChI=1S/C20H19ClF5N3O2S/c1-32(31)13-5-2-4-12(10-13)28-18(30)15-14(11-27-17(16(15)21)20(24,25)26)29-8-3-6-19(22,23)7-9-29/h2,4-5,10-11H,3,6-9H2,1H3,(H,28,30). The fourth-order valence-electron chi connectivity index (χ4n) is 3.38. The summed E-state index contributed by atoms with van der Waals surface area (Å²) in [7, 11) is 0. The van der Waals surface area contributed by atoms with Crippen molar-refractivity contribution in [3.63, 3.8) is 0 Å². The number of carbonyl (C=O) groups excluding carboxylic acids is 1. The molecule has 1 atom stereocenters. The first-order valence-corrected chi connectivity index (χ1v) is 11.5. The normalized spacial score (nSPS) is 17.6. The lowest BCUT2D eigenvalue weighted by Gasteiger charge is -2.26. The van der Waals surface area contributed by atoms with Gasteiger partial charge >= 0.3 is 6.18 Å². The second-order valence-electron chi connectivity index (χ2n) is 7.31. The SMILES string of the molecule is C[S+]([O-])c1cccc(NC(=O)c2c(N3CCCC(F)(F)CC3)cnc(C(F)(F)F)c2Cl)c1. The van der Waals surface area contributed by atoms with Gasteiger partial charge in [0.1, 0.15) is 6.26 Å². The fraction of sp³-hybridized carbons (Fsp3) is 0.400. The van der Waals surface area contributed by atoms with Crippen LogP contribution in [0.25, 0.3) is 0 Å². The Hall–Kier alpha value is -2.11. The lowest BCUT2D eigenvalue weighted by Crippen LogP contribution is -2.29. The minimum Gasteiger partial charge on any atom is -0.612 e. The number of nitrogens with one attached hydrogen (secondary N) is 1. The summed E-state index contributed by atoms with van der Waals surface area (Å²) < 4.78 is 79.4. The van der Waals surface area contributed by atoms with E-state index in [0.717, 1.165) is 6.20 Å². The van der Waals surface area contributed by atoms with Crippen molar-refractivity contribution in [1.29, 1.82) is 0 Å². The molecular weight excluding hydrogens is 477 g/mol. The van der Waals surface area contributed by atoms with Crippen LogP contribution in [0.4, 0.5) is 33.3 Å². The van der Waals surface area contributed by atoms with E-state index in [2.05, 4.69) is 10.3 Å². The third kappa shape index (κ3) is 5.62. The quantitative estimate of drug-likeness (QED) is 0.457. The van der Waals surface area contributed by atoms with Crippen LogP contribution in [0.1, 0.15) is 35.3 Å². The van der Waals surface area contributed by atoms with Crippen molar-refractivity contribution in [2.24, 2.45) is 0 Å². The van der Waals surface area contributed by atoms with Crippen LogP contribution < -0.4 is 10.2 Å². The molecule has 0 spiro atoms. The summed E-state index contributed by atoms with van der Waals surface area (Å²) in [6.45, 7) is -0.0789. The molecule has 2 aromatic rings. The number of rotatable bonds is 4. The largest absolute Gasteiger partial charge is 0.612 e. The number of nitrogens with zero attached hydrogens (tertiary/aromatic N) is 2. The van der Waals surface area contributed by atoms with Gasteiger partial charge in [-0.2, -0.15) is 13.2 Å². The van der Waals surface area contributed by atoms with Crippen LogP contribution in [-0.4, -0.2) is 40.7 Å². The molecule has 12 heteroatoms. The van der Waals surface area contributed by atoms with Crippen LogP contribution >= 0.6 is 11.6 Å². The molecule has 0 saturated carbocycles. The monoisotopic (exact) mass is 495 g/mol. The van der Waals surface area contributed by atoms with Gasteiger partial charge in [-0.05, 0) is 29.7 Å². The molecule has 1 fully saturated rings. The Morgan fingerprint density at radius 1 is 1.28 bits per heavy atom. The summed E-state index contributed by atoms with van der Waals surface area (Å²) in [5.74, 6) is -3.87. The minimum atomic E-state index is -4.92. The van der Waals surface area contributed by atoms with Crippen LogP contribution in [0.2, 0.25) is 5.02 Å². The molecule has 174 valence electrons. The van der Waals surface area contributed by atoms with Crippen molar-refractivity contribution in [2.75, 3.05) is 29.6 Å². The van der Waals surface area contributed by atoms with Crippen molar-refractivity contribution in [1.82, 2.24) is 4.98 Å². The molecule has 0 radical (unpaired) electrons. The Morgan fingerprint density at radius 3 is 2.66 bits per heavy atom. The van der Waals surface area contributed by atoms with E-state index in [4.69, 9.17) is 11.6 Å². The van der Waals surface area contributed by atoms with Crippen molar-refractivity contribution >= 4 is 40.1 Å². The second kappa shape index (κ2) is 9.40. The number of pyridine rings is 1. The van der Waals surface area contributed by atoms with Crippen LogP contribution in [-0.2, 0) is 17.4 Å². The Morgan fingerprint density at radius 2 is 2.00 bits per heavy atom. The maximum atomic E-state index is 13.8. The number of hydrogen-bond donors (Lipinski definition) is 1. The molecule has 2 heterocycles. The van der Waals surface area contributed by atoms with Crippen LogP contribution in [0, 0.1) is 0 Å². The van der Waals surface area contributed by atoms with Gasteiger partial charge < -0.3 is 14.8 Å². The van der Waals surface area contributed by atoms with Gasteiger partial charge in [-0.25, -0.2) is 13.8 Å². The van der Waals surface area contributed by atoms with Gasteiger partial charge in [-0.3, -0.25) is 4.79 Å². The van der Waals surface area contributed by atoms with E-state index >= 15 is 0 Å². The molecule has 1 aromatic carbocycles. The first-order valence-electron chi connectivity index (χ1n) is 9.52. The lowest BCUT2D eigenvalue weighted by molar-refractivity contribution is -0.141. The van der Waals surface area contributed by atoms with Gasteiger partial charge in [-0.1, -0.05) is 17.7 Å². The molecule has 1 aliphatic rings. The van der Waals surface area contributed by atoms with Crippen LogP contribution in [0.5, 0.6) is 0 Å². The van der Waals surface area contributed by atoms with E-state index in [1.165, 1.54) is 29.4 Å². The Kier molecular flexibility index (Phi) is 7.21. The number of halogens is 6. The minimum absolute atomic E-state index is 0.0616. The summed E-state index contributed by atoms with van der Waals surface area (Å²) in [6, 6.07) is 5.98. The molecule has 1 N–H and O–H groups in total. The van der Waals surface area contributed by atoms with Crippen LogP contribution in [0.3, 0.4) is 0 Å². The number of alkyl halides is 5. The molecule has 1 unspecified atom stereocenters. The Bertz CT molecular complexity index is 1000. The van der Waals surface area contributed by atoms with Crippen molar-refractivity contribution in [3.8, 4) is 0 Å². The molecule has 1 aliphatic heterocycles. The zero-order chi connectivity index (χ0) is 23.7. The second-order valence-corrected chi connectivity index (χ2v) is 9.07. The van der Waals surface area contributed by atoms with E-state index in [9.17, 15) is 31.3 Å². The van der Waals surface area contributed by atoms with Gasteiger partial charge in [0.05, 0.1) is 22.5 Å². The zero-order valence-electron chi connectivity index (χ0n) is 16.8. The number of carbonyl (C=O) groups is 1. The van der Waals surface area contributed by atoms with Gasteiger partial charge in [0.2, 0.25) is 5.92 Å². The van der Waals surface area contributed by atoms with E-state index in [1.54, 1.807) is 6.07 Å². The van der Waals surface area contributed by atoms with E-state index in [1.807, 2.05) is 0 Å². The highest BCUT2D eigenvalue weighted by atomic mass is 35.5. The van der Waals surface area contributed by atoms with Gasteiger partial charge in [0.25, 0.3) is 5.91 Å². The highest BCUT2D eigenvalue weighted by Gasteiger charge is 2.39. The first kappa shape index (κ1) is 24.5. The van der Waals surface area contributed by atoms with Gasteiger partial charge in [0, 0.05) is 37.7 Å². The number of aromatic nitrogens is 1. The smallest absolute Gasteiger partial charge is 0.434 e. The Balaban J connectivity index is 2.03. The number of hydrogen-bond acceptors (Lipinski definition) is 4. The molecule has 1 saturated heterocycles. The summed E-state index contributed by atoms with van der Waals surface area (Å²) >= 11 is 4.64. The number of amides is 1. The van der Waals surface area contributed by atoms with E-state index in [-0.39, 0.29) is 37.3 Å². The van der Waals surface area contributed by atoms with Gasteiger partial charge in [0.15, 0.2) is 10.6 Å². The van der Waals surface area contributed by atoms with Gasteiger partial charge in [-0.15, -0.1) is 0 Å². The van der Waals surface area contributed by atoms with Crippen LogP contribution in [0.15, 0.2) is 35.4 Å². The molecule has 1 amide bonds. The third-order valence-electron chi connectivity index (χ3n) is 4.98. The average Bonchev–Trinajstić information content (AvgIpc) is 2.87. The predicted molar refractivity (Wildman–Crippen MR) is 112 cm³/mol. The maximum Gasteiger partial charge on any atom is 0.434 e. The average molecular weight is 496 g/mol. The molecule has 0 aliphatic carbocycles. The van der Waals surface area contributed by atoms with Crippen molar-refractivity contribution in [3.05, 3.63) is 46.7 Å². The highest BCUT2D eigenvalue weighted by Crippen LogP contribution is 2.39.